The van der Waals surface area contributed by atoms with Gasteiger partial charge in [0.05, 0.1) is 0 Å². The first kappa shape index (κ1) is 34.2. The minimum atomic E-state index is -4.77. The first-order valence-electron chi connectivity index (χ1n) is 14.2. The van der Waals surface area contributed by atoms with Crippen molar-refractivity contribution in [2.75, 3.05) is 0 Å². The Morgan fingerprint density at radius 2 is 0.905 bits per heavy atom. The van der Waals surface area contributed by atoms with Crippen molar-refractivity contribution in [1.29, 1.82) is 0 Å². The second-order valence-electron chi connectivity index (χ2n) is 12.9. The van der Waals surface area contributed by atoms with Gasteiger partial charge in [-0.15, -0.1) is 0 Å². The number of hydrogen-bond donors (Lipinski definition) is 0. The number of benzene rings is 4. The monoisotopic (exact) mass is 592 g/mol. The van der Waals surface area contributed by atoms with E-state index < -0.39 is 7.82 Å². The largest absolute Gasteiger partial charge is 1.00 e. The van der Waals surface area contributed by atoms with Crippen molar-refractivity contribution in [3.8, 4) is 11.5 Å². The third kappa shape index (κ3) is 8.40. The smallest absolute Gasteiger partial charge is 0.736 e. The van der Waals surface area contributed by atoms with E-state index in [9.17, 15) is 9.46 Å². The van der Waals surface area contributed by atoms with Crippen molar-refractivity contribution >= 4 is 7.82 Å². The van der Waals surface area contributed by atoms with E-state index in [1.54, 1.807) is 12.1 Å². The van der Waals surface area contributed by atoms with Crippen LogP contribution in [0.25, 0.3) is 0 Å². The molecule has 0 saturated heterocycles. The molecule has 0 radical (unpaired) electrons. The topological polar surface area (TPSA) is 58.6 Å². The van der Waals surface area contributed by atoms with Gasteiger partial charge in [-0.1, -0.05) is 140 Å². The molecule has 0 aliphatic rings. The van der Waals surface area contributed by atoms with Crippen LogP contribution in [0, 0.1) is 0 Å². The van der Waals surface area contributed by atoms with Crippen LogP contribution in [0.3, 0.4) is 0 Å². The summed E-state index contributed by atoms with van der Waals surface area (Å²) in [7, 11) is -4.77. The molecular weight excluding hydrogens is 550 g/mol. The molecule has 2 unspecified atom stereocenters. The molecule has 216 valence electrons. The Morgan fingerprint density at radius 1 is 0.571 bits per heavy atom. The zero-order valence-electron chi connectivity index (χ0n) is 26.5. The normalized spacial score (nSPS) is 14.7. The Hall–Kier alpha value is -2.33. The van der Waals surface area contributed by atoms with E-state index in [1.165, 1.54) is 11.1 Å². The number of phosphoric ester groups is 1. The van der Waals surface area contributed by atoms with Crippen molar-refractivity contribution in [2.45, 2.75) is 78.1 Å². The maximum Gasteiger partial charge on any atom is 1.00 e. The van der Waals surface area contributed by atoms with Crippen LogP contribution in [-0.2, 0) is 15.4 Å². The van der Waals surface area contributed by atoms with E-state index >= 15 is 0 Å². The zero-order chi connectivity index (χ0) is 30.0. The van der Waals surface area contributed by atoms with Crippen molar-refractivity contribution in [1.82, 2.24) is 0 Å². The van der Waals surface area contributed by atoms with E-state index in [1.807, 2.05) is 102 Å². The molecule has 4 nitrogen and oxygen atoms in total. The second-order valence-corrected chi connectivity index (χ2v) is 14.2. The molecule has 0 saturated carbocycles. The molecule has 4 aromatic carbocycles. The summed E-state index contributed by atoms with van der Waals surface area (Å²) < 4.78 is 24.8. The molecule has 4 aromatic rings. The summed E-state index contributed by atoms with van der Waals surface area (Å²) in [6.07, 6.45) is 0. The van der Waals surface area contributed by atoms with E-state index in [0.717, 1.165) is 22.3 Å². The van der Waals surface area contributed by atoms with Crippen LogP contribution < -0.4 is 43.5 Å². The molecule has 6 heteroatoms. The van der Waals surface area contributed by atoms with Crippen LogP contribution in [0.15, 0.2) is 97.1 Å². The summed E-state index contributed by atoms with van der Waals surface area (Å²) in [5.41, 5.74) is 5.47. The van der Waals surface area contributed by atoms with E-state index in [0.29, 0.717) is 0 Å². The molecule has 0 aliphatic heterocycles. The van der Waals surface area contributed by atoms with E-state index in [2.05, 4.69) is 38.1 Å². The average molecular weight is 593 g/mol. The molecule has 0 bridgehead atoms. The van der Waals surface area contributed by atoms with Gasteiger partial charge in [0.25, 0.3) is 0 Å². The van der Waals surface area contributed by atoms with Gasteiger partial charge in [0.15, 0.2) is 0 Å². The van der Waals surface area contributed by atoms with Gasteiger partial charge in [0.1, 0.15) is 11.5 Å². The summed E-state index contributed by atoms with van der Waals surface area (Å²) in [6.45, 7) is 16.6. The number of phosphoric acid groups is 1. The van der Waals surface area contributed by atoms with Gasteiger partial charge in [-0.2, -0.15) is 0 Å². The molecule has 2 atom stereocenters. The van der Waals surface area contributed by atoms with Crippen molar-refractivity contribution in [3.63, 3.8) is 0 Å². The van der Waals surface area contributed by atoms with Gasteiger partial charge in [-0.25, -0.2) is 4.57 Å². The van der Waals surface area contributed by atoms with Crippen LogP contribution in [0.4, 0.5) is 0 Å². The van der Waals surface area contributed by atoms with Gasteiger partial charge in [0.2, 0.25) is 0 Å². The van der Waals surface area contributed by atoms with Crippen LogP contribution in [-0.4, -0.2) is 0 Å². The minimum Gasteiger partial charge on any atom is -0.736 e. The predicted molar refractivity (Wildman–Crippen MR) is 167 cm³/mol. The maximum atomic E-state index is 13.4. The third-order valence-corrected chi connectivity index (χ3v) is 8.48. The van der Waals surface area contributed by atoms with Crippen LogP contribution in [0.2, 0.25) is 0 Å². The summed E-state index contributed by atoms with van der Waals surface area (Å²) in [5.74, 6) is 0.860. The van der Waals surface area contributed by atoms with Crippen LogP contribution >= 0.6 is 7.82 Å². The maximum absolute atomic E-state index is 13.4. The van der Waals surface area contributed by atoms with E-state index in [-0.39, 0.29) is 63.7 Å². The van der Waals surface area contributed by atoms with Crippen LogP contribution in [0.5, 0.6) is 11.5 Å². The number of rotatable bonds is 8. The Morgan fingerprint density at radius 3 is 1.21 bits per heavy atom. The first-order valence-corrected chi connectivity index (χ1v) is 15.7. The van der Waals surface area contributed by atoms with Gasteiger partial charge >= 0.3 is 37.4 Å². The Bertz CT molecular complexity index is 1410. The minimum absolute atomic E-state index is 0. The average Bonchev–Trinajstić information content (AvgIpc) is 2.92. The SMILES string of the molecule is CC(c1ccccc1)c1ccc(OP(=O)([O-])Oc2ccc(C(C)c3ccccc3)cc2C(C)(C)C)c(C(C)(C)C)c1.[Na+]. The van der Waals surface area contributed by atoms with E-state index in [4.69, 9.17) is 9.05 Å². The van der Waals surface area contributed by atoms with Gasteiger partial charge in [0, 0.05) is 23.0 Å². The molecular formula is C36H42NaO4P. The molecule has 0 heterocycles. The standard InChI is InChI=1S/C36H43O4P.Na/c1-25(27-15-11-9-12-16-27)29-19-21-33(31(23-29)35(3,4)5)39-41(37,38)40-34-22-20-30(24-32(34)36(6,7)8)26(2)28-17-13-10-14-18-28;/h9-26H,1-8H3,(H,37,38);/q;+1/p-1. The van der Waals surface area contributed by atoms with Crippen molar-refractivity contribution < 1.29 is 48.1 Å². The summed E-state index contributed by atoms with van der Waals surface area (Å²) in [4.78, 5) is 13.4. The third-order valence-electron chi connectivity index (χ3n) is 7.64. The van der Waals surface area contributed by atoms with Crippen molar-refractivity contribution in [2.24, 2.45) is 0 Å². The zero-order valence-corrected chi connectivity index (χ0v) is 29.4. The number of hydrogen-bond acceptors (Lipinski definition) is 4. The molecule has 0 fully saturated rings. The predicted octanol–water partition coefficient (Wildman–Crippen LogP) is 6.52. The van der Waals surface area contributed by atoms with Crippen molar-refractivity contribution in [3.05, 3.63) is 130 Å². The fraction of sp³-hybridized carbons (Fsp3) is 0.333. The summed E-state index contributed by atoms with van der Waals surface area (Å²) >= 11 is 0. The molecule has 4 rings (SSSR count). The molecule has 0 spiro atoms. The van der Waals surface area contributed by atoms with Gasteiger partial charge in [-0.3, -0.25) is 0 Å². The fourth-order valence-electron chi connectivity index (χ4n) is 5.09. The second kappa shape index (κ2) is 13.5. The molecule has 42 heavy (non-hydrogen) atoms. The molecule has 0 N–H and O–H groups in total. The quantitative estimate of drug-likeness (QED) is 0.173. The summed E-state index contributed by atoms with van der Waals surface area (Å²) in [5, 5.41) is 0. The summed E-state index contributed by atoms with van der Waals surface area (Å²) in [6, 6.07) is 32.0. The Balaban J connectivity index is 0.00000484. The van der Waals surface area contributed by atoms with Crippen LogP contribution in [0.1, 0.15) is 101 Å². The Kier molecular flexibility index (Phi) is 11.0. The van der Waals surface area contributed by atoms with Gasteiger partial charge < -0.3 is 13.9 Å². The molecule has 0 amide bonds. The molecule has 0 aliphatic carbocycles. The van der Waals surface area contributed by atoms with Gasteiger partial charge in [-0.05, 0) is 45.2 Å². The first-order chi connectivity index (χ1) is 19.2. The molecule has 0 aromatic heterocycles. The Labute approximate surface area is 274 Å². The fourth-order valence-corrected chi connectivity index (χ4v) is 5.93.